The van der Waals surface area contributed by atoms with Gasteiger partial charge in [0, 0.05) is 46.7 Å². The standard InChI is InChI=1S/C19H22O11S.C2H4O2/c1-9(20)25-8-16-18(27-11(3)22)15(26-10(2)21)7-17(29-16)28-13-5-4-12(19(23)24)6-14(13)30-31;1-2(3)4/h4-6,15-18,31H,7-8H2,1-3H3,(H,23,24);1H3,(H,3,4). The molecule has 4 unspecified atom stereocenters. The van der Waals surface area contributed by atoms with E-state index >= 15 is 0 Å². The van der Waals surface area contributed by atoms with Crippen LogP contribution in [0.1, 0.15) is 44.5 Å². The topological polar surface area (TPSA) is 181 Å². The van der Waals surface area contributed by atoms with E-state index in [9.17, 15) is 19.2 Å². The molecule has 1 aliphatic rings. The fourth-order valence-corrected chi connectivity index (χ4v) is 3.07. The molecule has 2 N–H and O–H groups in total. The number of esters is 3. The highest BCUT2D eigenvalue weighted by atomic mass is 32.1. The monoisotopic (exact) mass is 518 g/mol. The van der Waals surface area contributed by atoms with Crippen molar-refractivity contribution < 1.29 is 62.1 Å². The van der Waals surface area contributed by atoms with Crippen LogP contribution in [0.25, 0.3) is 0 Å². The molecule has 14 heteroatoms. The summed E-state index contributed by atoms with van der Waals surface area (Å²) in [5.41, 5.74) is -0.0543. The van der Waals surface area contributed by atoms with Crippen LogP contribution in [-0.4, -0.2) is 71.3 Å². The number of thiol groups is 1. The van der Waals surface area contributed by atoms with Crippen molar-refractivity contribution in [3.63, 3.8) is 0 Å². The molecule has 1 aromatic carbocycles. The van der Waals surface area contributed by atoms with Gasteiger partial charge in [-0.1, -0.05) is 0 Å². The Morgan fingerprint density at radius 3 is 2.06 bits per heavy atom. The minimum absolute atomic E-state index is 0.00881. The van der Waals surface area contributed by atoms with Crippen molar-refractivity contribution in [1.29, 1.82) is 0 Å². The van der Waals surface area contributed by atoms with Crippen molar-refractivity contribution in [2.24, 2.45) is 0 Å². The molecular formula is C21H26O13S. The van der Waals surface area contributed by atoms with Gasteiger partial charge in [0.05, 0.1) is 12.0 Å². The summed E-state index contributed by atoms with van der Waals surface area (Å²) < 4.78 is 31.9. The third-order valence-electron chi connectivity index (χ3n) is 4.10. The molecule has 1 saturated heterocycles. The van der Waals surface area contributed by atoms with E-state index in [1.165, 1.54) is 39.0 Å². The van der Waals surface area contributed by atoms with Crippen molar-refractivity contribution in [3.8, 4) is 11.5 Å². The van der Waals surface area contributed by atoms with E-state index in [0.717, 1.165) is 6.92 Å². The Kier molecular flexibility index (Phi) is 11.8. The Hall–Kier alpha value is -3.52. The van der Waals surface area contributed by atoms with Crippen LogP contribution in [0, 0.1) is 0 Å². The van der Waals surface area contributed by atoms with Gasteiger partial charge in [0.25, 0.3) is 5.97 Å². The lowest BCUT2D eigenvalue weighted by molar-refractivity contribution is -0.245. The molecule has 0 aromatic heterocycles. The molecule has 0 spiro atoms. The molecule has 1 heterocycles. The second-order valence-corrected chi connectivity index (χ2v) is 7.24. The molecule has 13 nitrogen and oxygen atoms in total. The van der Waals surface area contributed by atoms with Crippen molar-refractivity contribution in [1.82, 2.24) is 0 Å². The van der Waals surface area contributed by atoms with Crippen molar-refractivity contribution >= 4 is 42.8 Å². The molecule has 0 amide bonds. The molecule has 35 heavy (non-hydrogen) atoms. The molecule has 1 fully saturated rings. The highest BCUT2D eigenvalue weighted by Crippen LogP contribution is 2.34. The highest BCUT2D eigenvalue weighted by Gasteiger charge is 2.44. The number of hydrogen-bond donors (Lipinski definition) is 3. The molecule has 0 bridgehead atoms. The van der Waals surface area contributed by atoms with E-state index in [-0.39, 0.29) is 30.1 Å². The first-order valence-corrected chi connectivity index (χ1v) is 10.4. The van der Waals surface area contributed by atoms with E-state index in [1.54, 1.807) is 0 Å². The predicted molar refractivity (Wildman–Crippen MR) is 118 cm³/mol. The molecule has 0 aliphatic carbocycles. The second kappa shape index (κ2) is 14.0. The lowest BCUT2D eigenvalue weighted by Crippen LogP contribution is -2.54. The number of aliphatic carboxylic acids is 1. The lowest BCUT2D eigenvalue weighted by Gasteiger charge is -2.39. The first-order valence-electron chi connectivity index (χ1n) is 10.0. The number of carbonyl (C=O) groups is 5. The maximum Gasteiger partial charge on any atom is 0.335 e. The summed E-state index contributed by atoms with van der Waals surface area (Å²) in [6.07, 6.45) is -4.10. The average Bonchev–Trinajstić information content (AvgIpc) is 2.73. The Morgan fingerprint density at radius 2 is 1.57 bits per heavy atom. The Balaban J connectivity index is 0.00000142. The molecule has 194 valence electrons. The zero-order valence-corrected chi connectivity index (χ0v) is 20.2. The van der Waals surface area contributed by atoms with Crippen LogP contribution in [0.3, 0.4) is 0 Å². The minimum Gasteiger partial charge on any atom is -0.481 e. The van der Waals surface area contributed by atoms with E-state index < -0.39 is 54.4 Å². The fraction of sp³-hybridized carbons (Fsp3) is 0.476. The van der Waals surface area contributed by atoms with Crippen LogP contribution in [-0.2, 0) is 38.1 Å². The minimum atomic E-state index is -1.17. The third-order valence-corrected chi connectivity index (χ3v) is 4.30. The third kappa shape index (κ3) is 10.5. The summed E-state index contributed by atoms with van der Waals surface area (Å²) in [6.45, 7) is 4.35. The number of carboxylic acid groups (broad SMARTS) is 2. The second-order valence-electron chi connectivity index (χ2n) is 7.06. The van der Waals surface area contributed by atoms with Crippen molar-refractivity contribution in [2.45, 2.75) is 58.7 Å². The summed E-state index contributed by atoms with van der Waals surface area (Å²) in [5.74, 6) is -3.76. The van der Waals surface area contributed by atoms with Gasteiger partial charge in [-0.15, -0.1) is 0 Å². The number of ether oxygens (including phenoxy) is 5. The van der Waals surface area contributed by atoms with Gasteiger partial charge in [0.2, 0.25) is 6.29 Å². The van der Waals surface area contributed by atoms with Gasteiger partial charge in [0.15, 0.2) is 17.6 Å². The SMILES string of the molecule is CC(=O)O.CC(=O)OCC1OC(Oc2ccc(C(=O)O)cc2OS)CC(OC(C)=O)C1OC(C)=O. The number of hydrogen-bond acceptors (Lipinski definition) is 12. The summed E-state index contributed by atoms with van der Waals surface area (Å²) in [5, 5.41) is 16.5. The zero-order valence-electron chi connectivity index (χ0n) is 19.3. The molecule has 4 atom stereocenters. The average molecular weight is 518 g/mol. The highest BCUT2D eigenvalue weighted by molar-refractivity contribution is 7.75. The summed E-state index contributed by atoms with van der Waals surface area (Å²) in [4.78, 5) is 54.5. The van der Waals surface area contributed by atoms with Crippen LogP contribution in [0.2, 0.25) is 0 Å². The van der Waals surface area contributed by atoms with E-state index in [2.05, 4.69) is 12.9 Å². The first-order chi connectivity index (χ1) is 16.3. The maximum absolute atomic E-state index is 11.6. The van der Waals surface area contributed by atoms with Crippen LogP contribution >= 0.6 is 12.9 Å². The normalized spacial score (nSPS) is 20.8. The number of rotatable bonds is 8. The van der Waals surface area contributed by atoms with Crippen LogP contribution < -0.4 is 8.92 Å². The Bertz CT molecular complexity index is 928. The molecule has 0 saturated carbocycles. The van der Waals surface area contributed by atoms with E-state index in [1.807, 2.05) is 0 Å². The Labute approximate surface area is 205 Å². The number of carbonyl (C=O) groups excluding carboxylic acids is 3. The van der Waals surface area contributed by atoms with Gasteiger partial charge in [-0.05, 0) is 12.1 Å². The van der Waals surface area contributed by atoms with Crippen LogP contribution in [0.5, 0.6) is 11.5 Å². The van der Waals surface area contributed by atoms with Gasteiger partial charge in [-0.2, -0.15) is 0 Å². The number of carboxylic acids is 2. The summed E-state index contributed by atoms with van der Waals surface area (Å²) >= 11 is 3.70. The molecule has 0 radical (unpaired) electrons. The summed E-state index contributed by atoms with van der Waals surface area (Å²) in [6, 6.07) is 3.84. The van der Waals surface area contributed by atoms with E-state index in [0.29, 0.717) is 0 Å². The first kappa shape index (κ1) is 29.5. The van der Waals surface area contributed by atoms with Crippen LogP contribution in [0.15, 0.2) is 18.2 Å². The maximum atomic E-state index is 11.6. The Morgan fingerprint density at radius 1 is 0.971 bits per heavy atom. The quantitative estimate of drug-likeness (QED) is 0.196. The molecule has 2 rings (SSSR count). The van der Waals surface area contributed by atoms with Crippen molar-refractivity contribution in [2.75, 3.05) is 6.61 Å². The zero-order chi connectivity index (χ0) is 26.7. The number of aromatic carboxylic acids is 1. The van der Waals surface area contributed by atoms with Gasteiger partial charge in [-0.3, -0.25) is 19.2 Å². The smallest absolute Gasteiger partial charge is 0.335 e. The lowest BCUT2D eigenvalue weighted by atomic mass is 10.0. The predicted octanol–water partition coefficient (Wildman–Crippen LogP) is 1.62. The van der Waals surface area contributed by atoms with Crippen LogP contribution in [0.4, 0.5) is 0 Å². The van der Waals surface area contributed by atoms with Gasteiger partial charge < -0.3 is 38.1 Å². The molecule has 1 aliphatic heterocycles. The van der Waals surface area contributed by atoms with Gasteiger partial charge in [-0.25, -0.2) is 4.79 Å². The number of benzene rings is 1. The molecular weight excluding hydrogens is 492 g/mol. The fourth-order valence-electron chi connectivity index (χ4n) is 2.92. The largest absolute Gasteiger partial charge is 0.481 e. The van der Waals surface area contributed by atoms with Crippen molar-refractivity contribution in [3.05, 3.63) is 23.8 Å². The van der Waals surface area contributed by atoms with Gasteiger partial charge >= 0.3 is 23.9 Å². The summed E-state index contributed by atoms with van der Waals surface area (Å²) in [7, 11) is 0. The van der Waals surface area contributed by atoms with E-state index in [4.69, 9.17) is 42.9 Å². The van der Waals surface area contributed by atoms with Gasteiger partial charge in [0.1, 0.15) is 18.8 Å². The molecule has 1 aromatic rings.